The van der Waals surface area contributed by atoms with Crippen LogP contribution in [-0.4, -0.2) is 39.7 Å². The lowest BCUT2D eigenvalue weighted by Crippen LogP contribution is -2.44. The second-order valence-electron chi connectivity index (χ2n) is 4.11. The average molecular weight is 285 g/mol. The standard InChI is InChI=1S/C12H19N3O3S/c1-14-19(17,18)8-7-15-12(16)11(13)9-10-5-3-2-4-6-10/h2-6,11,14H,7-9,13H2,1H3,(H,15,16)/t11-/m1/s1. The molecule has 4 N–H and O–H groups in total. The first-order valence-corrected chi connectivity index (χ1v) is 7.58. The van der Waals surface area contributed by atoms with Gasteiger partial charge in [-0.05, 0) is 19.0 Å². The predicted octanol–water partition coefficient (Wildman–Crippen LogP) is -0.778. The first kappa shape index (κ1) is 15.6. The van der Waals surface area contributed by atoms with Crippen molar-refractivity contribution in [3.8, 4) is 0 Å². The molecule has 0 heterocycles. The summed E-state index contributed by atoms with van der Waals surface area (Å²) in [4.78, 5) is 11.7. The minimum Gasteiger partial charge on any atom is -0.354 e. The van der Waals surface area contributed by atoms with Crippen molar-refractivity contribution in [1.29, 1.82) is 0 Å². The van der Waals surface area contributed by atoms with Crippen molar-refractivity contribution in [2.24, 2.45) is 5.73 Å². The fourth-order valence-corrected chi connectivity index (χ4v) is 2.08. The van der Waals surface area contributed by atoms with Gasteiger partial charge < -0.3 is 11.1 Å². The predicted molar refractivity (Wildman–Crippen MR) is 74.0 cm³/mol. The van der Waals surface area contributed by atoms with Crippen molar-refractivity contribution in [3.05, 3.63) is 35.9 Å². The molecule has 0 aliphatic rings. The molecule has 19 heavy (non-hydrogen) atoms. The number of hydrogen-bond donors (Lipinski definition) is 3. The second kappa shape index (κ2) is 7.22. The Morgan fingerprint density at radius 3 is 2.53 bits per heavy atom. The molecule has 0 aromatic heterocycles. The van der Waals surface area contributed by atoms with E-state index >= 15 is 0 Å². The lowest BCUT2D eigenvalue weighted by atomic mass is 10.1. The van der Waals surface area contributed by atoms with Gasteiger partial charge in [0.1, 0.15) is 0 Å². The van der Waals surface area contributed by atoms with Crippen LogP contribution in [0.25, 0.3) is 0 Å². The van der Waals surface area contributed by atoms with Gasteiger partial charge in [0.15, 0.2) is 0 Å². The largest absolute Gasteiger partial charge is 0.354 e. The fourth-order valence-electron chi connectivity index (χ4n) is 1.50. The van der Waals surface area contributed by atoms with Crippen molar-refractivity contribution >= 4 is 15.9 Å². The number of amides is 1. The summed E-state index contributed by atoms with van der Waals surface area (Å²) in [5, 5.41) is 2.51. The van der Waals surface area contributed by atoms with Gasteiger partial charge in [-0.2, -0.15) is 0 Å². The Balaban J connectivity index is 2.37. The zero-order chi connectivity index (χ0) is 14.3. The van der Waals surface area contributed by atoms with Crippen LogP contribution in [0.2, 0.25) is 0 Å². The van der Waals surface area contributed by atoms with E-state index in [0.29, 0.717) is 6.42 Å². The lowest BCUT2D eigenvalue weighted by Gasteiger charge is -2.12. The minimum absolute atomic E-state index is 0.0461. The third-order valence-electron chi connectivity index (χ3n) is 2.62. The molecule has 0 fully saturated rings. The molecule has 1 amide bonds. The highest BCUT2D eigenvalue weighted by Crippen LogP contribution is 2.01. The van der Waals surface area contributed by atoms with Crippen LogP contribution in [0, 0.1) is 0 Å². The van der Waals surface area contributed by atoms with Crippen molar-refractivity contribution in [1.82, 2.24) is 10.0 Å². The van der Waals surface area contributed by atoms with Crippen LogP contribution in [0.4, 0.5) is 0 Å². The topological polar surface area (TPSA) is 101 Å². The van der Waals surface area contributed by atoms with Gasteiger partial charge in [-0.25, -0.2) is 13.1 Å². The first-order chi connectivity index (χ1) is 8.94. The number of benzene rings is 1. The van der Waals surface area contributed by atoms with Gasteiger partial charge in [-0.1, -0.05) is 30.3 Å². The van der Waals surface area contributed by atoms with Crippen LogP contribution in [0.15, 0.2) is 30.3 Å². The van der Waals surface area contributed by atoms with E-state index in [2.05, 4.69) is 10.0 Å². The summed E-state index contributed by atoms with van der Waals surface area (Å²) in [6, 6.07) is 8.73. The molecule has 0 unspecified atom stereocenters. The molecule has 0 radical (unpaired) electrons. The van der Waals surface area contributed by atoms with Crippen molar-refractivity contribution in [2.75, 3.05) is 19.3 Å². The van der Waals surface area contributed by atoms with Crippen molar-refractivity contribution in [2.45, 2.75) is 12.5 Å². The smallest absolute Gasteiger partial charge is 0.237 e. The highest BCUT2D eigenvalue weighted by molar-refractivity contribution is 7.89. The van der Waals surface area contributed by atoms with Crippen molar-refractivity contribution in [3.63, 3.8) is 0 Å². The summed E-state index contributed by atoms with van der Waals surface area (Å²) >= 11 is 0. The monoisotopic (exact) mass is 285 g/mol. The molecule has 0 saturated heterocycles. The summed E-state index contributed by atoms with van der Waals surface area (Å²) in [6.07, 6.45) is 0.422. The molecule has 0 saturated carbocycles. The lowest BCUT2D eigenvalue weighted by molar-refractivity contribution is -0.122. The van der Waals surface area contributed by atoms with Gasteiger partial charge >= 0.3 is 0 Å². The second-order valence-corrected chi connectivity index (χ2v) is 6.16. The van der Waals surface area contributed by atoms with E-state index < -0.39 is 16.1 Å². The molecule has 106 valence electrons. The number of carbonyl (C=O) groups excluding carboxylic acids is 1. The third kappa shape index (κ3) is 5.82. The maximum absolute atomic E-state index is 11.7. The number of hydrogen-bond acceptors (Lipinski definition) is 4. The van der Waals surface area contributed by atoms with Gasteiger partial charge in [0.25, 0.3) is 0 Å². The molecular weight excluding hydrogens is 266 g/mol. The molecule has 0 spiro atoms. The number of rotatable bonds is 7. The number of nitrogens with two attached hydrogens (primary N) is 1. The summed E-state index contributed by atoms with van der Waals surface area (Å²) in [6.45, 7) is 0.0461. The number of carbonyl (C=O) groups is 1. The normalized spacial score (nSPS) is 12.9. The summed E-state index contributed by atoms with van der Waals surface area (Å²) < 4.78 is 24.5. The van der Waals surface area contributed by atoms with Crippen LogP contribution >= 0.6 is 0 Å². The summed E-state index contributed by atoms with van der Waals surface area (Å²) in [7, 11) is -1.97. The van der Waals surface area contributed by atoms with Gasteiger partial charge in [0.2, 0.25) is 15.9 Å². The highest BCUT2D eigenvalue weighted by Gasteiger charge is 2.14. The van der Waals surface area contributed by atoms with E-state index in [0.717, 1.165) is 5.56 Å². The van der Waals surface area contributed by atoms with E-state index in [4.69, 9.17) is 5.73 Å². The maximum Gasteiger partial charge on any atom is 0.237 e. The van der Waals surface area contributed by atoms with E-state index in [1.54, 1.807) is 0 Å². The van der Waals surface area contributed by atoms with Gasteiger partial charge in [0, 0.05) is 6.54 Å². The zero-order valence-corrected chi connectivity index (χ0v) is 11.6. The minimum atomic E-state index is -3.31. The van der Waals surface area contributed by atoms with Gasteiger partial charge in [-0.15, -0.1) is 0 Å². The Morgan fingerprint density at radius 1 is 1.32 bits per heavy atom. The van der Waals surface area contributed by atoms with E-state index in [1.807, 2.05) is 30.3 Å². The first-order valence-electron chi connectivity index (χ1n) is 5.93. The van der Waals surface area contributed by atoms with Crippen LogP contribution < -0.4 is 15.8 Å². The van der Waals surface area contributed by atoms with Crippen LogP contribution in [0.3, 0.4) is 0 Å². The van der Waals surface area contributed by atoms with E-state index in [1.165, 1.54) is 7.05 Å². The van der Waals surface area contributed by atoms with Gasteiger partial charge in [-0.3, -0.25) is 4.79 Å². The molecule has 7 heteroatoms. The number of nitrogens with one attached hydrogen (secondary N) is 2. The number of sulfonamides is 1. The zero-order valence-electron chi connectivity index (χ0n) is 10.8. The Kier molecular flexibility index (Phi) is 5.94. The fraction of sp³-hybridized carbons (Fsp3) is 0.417. The Morgan fingerprint density at radius 2 is 1.95 bits per heavy atom. The van der Waals surface area contributed by atoms with E-state index in [-0.39, 0.29) is 18.2 Å². The maximum atomic E-state index is 11.7. The molecule has 0 aliphatic carbocycles. The molecule has 0 bridgehead atoms. The van der Waals surface area contributed by atoms with E-state index in [9.17, 15) is 13.2 Å². The molecule has 0 aliphatic heterocycles. The molecule has 1 aromatic carbocycles. The molecule has 6 nitrogen and oxygen atoms in total. The molecular formula is C12H19N3O3S. The highest BCUT2D eigenvalue weighted by atomic mass is 32.2. The average Bonchev–Trinajstić information content (AvgIpc) is 2.39. The third-order valence-corrected chi connectivity index (χ3v) is 3.98. The summed E-state index contributed by atoms with van der Waals surface area (Å²) in [5.74, 6) is -0.511. The molecule has 1 aromatic rings. The Labute approximate surface area is 113 Å². The van der Waals surface area contributed by atoms with Crippen LogP contribution in [0.5, 0.6) is 0 Å². The van der Waals surface area contributed by atoms with Crippen molar-refractivity contribution < 1.29 is 13.2 Å². The SMILES string of the molecule is CNS(=O)(=O)CCNC(=O)[C@H](N)Cc1ccccc1. The van der Waals surface area contributed by atoms with Crippen LogP contribution in [-0.2, 0) is 21.2 Å². The van der Waals surface area contributed by atoms with Crippen LogP contribution in [0.1, 0.15) is 5.56 Å². The summed E-state index contributed by atoms with van der Waals surface area (Å²) in [5.41, 5.74) is 6.72. The van der Waals surface area contributed by atoms with Gasteiger partial charge in [0.05, 0.1) is 11.8 Å². The molecule has 1 rings (SSSR count). The quantitative estimate of drug-likeness (QED) is 0.612. The Hall–Kier alpha value is -1.44. The Bertz CT molecular complexity index is 502. The molecule has 1 atom stereocenters.